The molecule has 0 unspecified atom stereocenters. The number of rotatable bonds is 5. The highest BCUT2D eigenvalue weighted by atomic mass is 16.5. The second kappa shape index (κ2) is 6.49. The minimum Gasteiger partial charge on any atom is -0.371 e. The molecule has 2 fully saturated rings. The average Bonchev–Trinajstić information content (AvgIpc) is 3.21. The molecular formula is C21H27N3O. The summed E-state index contributed by atoms with van der Waals surface area (Å²) >= 11 is 0. The standard InChI is InChI=1S/C21H27N3O/c1-2-15-6-7-20(12-17(15)3-1)24-10-8-18(9-11-24)22-14-19-13-21(25-23-19)16-4-5-16/h6-7,12-13,16,18,22H,1-5,8-11,14H2. The van der Waals surface area contributed by atoms with E-state index in [9.17, 15) is 0 Å². The van der Waals surface area contributed by atoms with Crippen LogP contribution in [0, 0.1) is 0 Å². The van der Waals surface area contributed by atoms with Crippen LogP contribution in [-0.4, -0.2) is 24.3 Å². The number of piperidine rings is 1. The van der Waals surface area contributed by atoms with E-state index in [2.05, 4.69) is 39.6 Å². The van der Waals surface area contributed by atoms with Gasteiger partial charge in [0.1, 0.15) is 5.76 Å². The first-order valence-corrected chi connectivity index (χ1v) is 9.91. The zero-order chi connectivity index (χ0) is 16.6. The monoisotopic (exact) mass is 337 g/mol. The first kappa shape index (κ1) is 15.4. The summed E-state index contributed by atoms with van der Waals surface area (Å²) in [6, 6.07) is 9.85. The lowest BCUT2D eigenvalue weighted by atomic mass is 10.0. The van der Waals surface area contributed by atoms with Crippen LogP contribution in [0.15, 0.2) is 28.8 Å². The third-order valence-corrected chi connectivity index (χ3v) is 6.07. The van der Waals surface area contributed by atoms with E-state index in [-0.39, 0.29) is 0 Å². The Balaban J connectivity index is 1.13. The number of hydrogen-bond donors (Lipinski definition) is 1. The Morgan fingerprint density at radius 3 is 2.72 bits per heavy atom. The van der Waals surface area contributed by atoms with Crippen molar-refractivity contribution in [2.45, 2.75) is 63.5 Å². The molecule has 1 aromatic carbocycles. The molecule has 2 aromatic rings. The van der Waals surface area contributed by atoms with Crippen LogP contribution in [0.1, 0.15) is 60.6 Å². The Kier molecular flexibility index (Phi) is 4.01. The van der Waals surface area contributed by atoms with Gasteiger partial charge in [-0.05, 0) is 68.2 Å². The summed E-state index contributed by atoms with van der Waals surface area (Å²) in [6.45, 7) is 3.12. The number of hydrogen-bond acceptors (Lipinski definition) is 4. The summed E-state index contributed by atoms with van der Waals surface area (Å²) in [7, 11) is 0. The van der Waals surface area contributed by atoms with Crippen LogP contribution < -0.4 is 10.2 Å². The Morgan fingerprint density at radius 2 is 1.88 bits per heavy atom. The van der Waals surface area contributed by atoms with Gasteiger partial charge in [0.2, 0.25) is 0 Å². The van der Waals surface area contributed by atoms with Gasteiger partial charge in [0.05, 0.1) is 5.69 Å². The summed E-state index contributed by atoms with van der Waals surface area (Å²) in [4.78, 5) is 2.55. The predicted molar refractivity (Wildman–Crippen MR) is 99.0 cm³/mol. The van der Waals surface area contributed by atoms with Crippen molar-refractivity contribution in [2.75, 3.05) is 18.0 Å². The van der Waals surface area contributed by atoms with Crippen LogP contribution in [-0.2, 0) is 19.4 Å². The molecule has 132 valence electrons. The zero-order valence-corrected chi connectivity index (χ0v) is 14.8. The van der Waals surface area contributed by atoms with Crippen molar-refractivity contribution < 1.29 is 4.52 Å². The summed E-state index contributed by atoms with van der Waals surface area (Å²) < 4.78 is 5.44. The third kappa shape index (κ3) is 3.32. The fourth-order valence-electron chi connectivity index (χ4n) is 4.32. The van der Waals surface area contributed by atoms with Crippen LogP contribution in [0.25, 0.3) is 0 Å². The predicted octanol–water partition coefficient (Wildman–Crippen LogP) is 3.80. The van der Waals surface area contributed by atoms with E-state index in [1.807, 2.05) is 0 Å². The fourth-order valence-corrected chi connectivity index (χ4v) is 4.32. The Hall–Kier alpha value is -1.81. The number of aryl methyl sites for hydroxylation is 2. The fraction of sp³-hybridized carbons (Fsp3) is 0.571. The van der Waals surface area contributed by atoms with Gasteiger partial charge in [-0.25, -0.2) is 0 Å². The summed E-state index contributed by atoms with van der Waals surface area (Å²) in [5.74, 6) is 1.74. The number of aromatic nitrogens is 1. The number of nitrogens with zero attached hydrogens (tertiary/aromatic N) is 2. The van der Waals surface area contributed by atoms with Gasteiger partial charge >= 0.3 is 0 Å². The SMILES string of the molecule is c1cc2c(cc1N1CCC(NCc3cc(C4CC4)on3)CC1)CCC2. The molecule has 0 spiro atoms. The Bertz CT molecular complexity index is 741. The normalized spacial score (nSPS) is 20.9. The van der Waals surface area contributed by atoms with Gasteiger partial charge in [0.15, 0.2) is 0 Å². The van der Waals surface area contributed by atoms with Crippen molar-refractivity contribution in [3.05, 3.63) is 46.8 Å². The summed E-state index contributed by atoms with van der Waals surface area (Å²) in [6.07, 6.45) is 8.80. The topological polar surface area (TPSA) is 41.3 Å². The van der Waals surface area contributed by atoms with Gasteiger partial charge in [0, 0.05) is 43.3 Å². The number of fused-ring (bicyclic) bond motifs is 1. The van der Waals surface area contributed by atoms with E-state index in [1.54, 1.807) is 11.1 Å². The van der Waals surface area contributed by atoms with Crippen LogP contribution in [0.4, 0.5) is 5.69 Å². The first-order chi connectivity index (χ1) is 12.3. The molecule has 25 heavy (non-hydrogen) atoms. The molecule has 1 saturated heterocycles. The molecule has 1 N–H and O–H groups in total. The van der Waals surface area contributed by atoms with Gasteiger partial charge in [0.25, 0.3) is 0 Å². The molecule has 0 amide bonds. The maximum atomic E-state index is 5.44. The van der Waals surface area contributed by atoms with Gasteiger partial charge in [-0.3, -0.25) is 0 Å². The zero-order valence-electron chi connectivity index (χ0n) is 14.8. The van der Waals surface area contributed by atoms with Crippen molar-refractivity contribution >= 4 is 5.69 Å². The van der Waals surface area contributed by atoms with Gasteiger partial charge in [-0.2, -0.15) is 0 Å². The van der Waals surface area contributed by atoms with E-state index in [0.29, 0.717) is 12.0 Å². The molecule has 3 aliphatic rings. The van der Waals surface area contributed by atoms with Crippen LogP contribution in [0.5, 0.6) is 0 Å². The molecule has 0 atom stereocenters. The molecule has 2 heterocycles. The van der Waals surface area contributed by atoms with Crippen molar-refractivity contribution in [2.24, 2.45) is 0 Å². The lowest BCUT2D eigenvalue weighted by molar-refractivity contribution is 0.367. The second-order valence-corrected chi connectivity index (χ2v) is 7.94. The molecule has 4 nitrogen and oxygen atoms in total. The molecule has 0 radical (unpaired) electrons. The molecule has 1 aromatic heterocycles. The van der Waals surface area contributed by atoms with E-state index in [0.717, 1.165) is 31.1 Å². The van der Waals surface area contributed by atoms with Crippen molar-refractivity contribution in [1.29, 1.82) is 0 Å². The maximum absolute atomic E-state index is 5.44. The van der Waals surface area contributed by atoms with Gasteiger partial charge in [-0.15, -0.1) is 0 Å². The second-order valence-electron chi connectivity index (χ2n) is 7.94. The number of nitrogens with one attached hydrogen (secondary N) is 1. The molecular weight excluding hydrogens is 310 g/mol. The smallest absolute Gasteiger partial charge is 0.140 e. The van der Waals surface area contributed by atoms with Gasteiger partial charge < -0.3 is 14.7 Å². The van der Waals surface area contributed by atoms with E-state index < -0.39 is 0 Å². The molecule has 1 aliphatic heterocycles. The average molecular weight is 337 g/mol. The highest BCUT2D eigenvalue weighted by molar-refractivity contribution is 5.52. The minimum absolute atomic E-state index is 0.590. The van der Waals surface area contributed by atoms with Gasteiger partial charge in [-0.1, -0.05) is 11.2 Å². The highest BCUT2D eigenvalue weighted by Gasteiger charge is 2.28. The van der Waals surface area contributed by atoms with Crippen LogP contribution in [0.2, 0.25) is 0 Å². The summed E-state index contributed by atoms with van der Waals surface area (Å²) in [5.41, 5.74) is 5.63. The largest absolute Gasteiger partial charge is 0.371 e. The Morgan fingerprint density at radius 1 is 1.04 bits per heavy atom. The van der Waals surface area contributed by atoms with Crippen molar-refractivity contribution in [3.63, 3.8) is 0 Å². The lowest BCUT2D eigenvalue weighted by Crippen LogP contribution is -2.42. The maximum Gasteiger partial charge on any atom is 0.140 e. The third-order valence-electron chi connectivity index (χ3n) is 6.07. The molecule has 2 aliphatic carbocycles. The van der Waals surface area contributed by atoms with E-state index >= 15 is 0 Å². The van der Waals surface area contributed by atoms with E-state index in [1.165, 1.54) is 50.6 Å². The molecule has 5 rings (SSSR count). The minimum atomic E-state index is 0.590. The lowest BCUT2D eigenvalue weighted by Gasteiger charge is -2.34. The van der Waals surface area contributed by atoms with Crippen molar-refractivity contribution in [3.8, 4) is 0 Å². The first-order valence-electron chi connectivity index (χ1n) is 9.91. The quantitative estimate of drug-likeness (QED) is 0.901. The Labute approximate surface area is 149 Å². The van der Waals surface area contributed by atoms with E-state index in [4.69, 9.17) is 4.52 Å². The molecule has 1 saturated carbocycles. The summed E-state index contributed by atoms with van der Waals surface area (Å²) in [5, 5.41) is 7.88. The number of benzene rings is 1. The van der Waals surface area contributed by atoms with Crippen LogP contribution >= 0.6 is 0 Å². The van der Waals surface area contributed by atoms with Crippen molar-refractivity contribution in [1.82, 2.24) is 10.5 Å². The van der Waals surface area contributed by atoms with Crippen LogP contribution in [0.3, 0.4) is 0 Å². The number of anilines is 1. The molecule has 0 bridgehead atoms. The molecule has 4 heteroatoms. The highest BCUT2D eigenvalue weighted by Crippen LogP contribution is 2.40.